The highest BCUT2D eigenvalue weighted by atomic mass is 16.3. The largest absolute Gasteiger partial charge is 0.388 e. The Morgan fingerprint density at radius 3 is 2.74 bits per heavy atom. The van der Waals surface area contributed by atoms with E-state index in [0.29, 0.717) is 0 Å². The van der Waals surface area contributed by atoms with Gasteiger partial charge in [0.25, 0.3) is 0 Å². The van der Waals surface area contributed by atoms with Crippen molar-refractivity contribution in [2.45, 2.75) is 39.2 Å². The third-order valence-corrected chi connectivity index (χ3v) is 4.41. The number of piperidine rings is 1. The van der Waals surface area contributed by atoms with E-state index < -0.39 is 0 Å². The molecule has 3 atom stereocenters. The number of hydrogen-bond donors (Lipinski definition) is 1. The Bertz CT molecular complexity index is 365. The van der Waals surface area contributed by atoms with Gasteiger partial charge in [0.05, 0.1) is 6.10 Å². The third-order valence-electron chi connectivity index (χ3n) is 4.41. The molecule has 0 aliphatic carbocycles. The van der Waals surface area contributed by atoms with Crippen LogP contribution in [0.3, 0.4) is 0 Å². The lowest BCUT2D eigenvalue weighted by atomic mass is 9.92. The smallest absolute Gasteiger partial charge is 0.0827 e. The van der Waals surface area contributed by atoms with Gasteiger partial charge in [-0.25, -0.2) is 0 Å². The van der Waals surface area contributed by atoms with Crippen molar-refractivity contribution < 1.29 is 5.11 Å². The molecule has 1 aromatic carbocycles. The first-order valence-corrected chi connectivity index (χ1v) is 7.66. The van der Waals surface area contributed by atoms with Crippen LogP contribution in [-0.4, -0.2) is 29.6 Å². The van der Waals surface area contributed by atoms with Crippen LogP contribution in [0.4, 0.5) is 0 Å². The highest BCUT2D eigenvalue weighted by Gasteiger charge is 2.23. The number of hydrogen-bond acceptors (Lipinski definition) is 2. The van der Waals surface area contributed by atoms with Crippen LogP contribution >= 0.6 is 0 Å². The average molecular weight is 261 g/mol. The monoisotopic (exact) mass is 261 g/mol. The second-order valence-corrected chi connectivity index (χ2v) is 6.01. The normalized spacial score (nSPS) is 24.1. The summed E-state index contributed by atoms with van der Waals surface area (Å²) >= 11 is 0. The topological polar surface area (TPSA) is 23.5 Å². The minimum Gasteiger partial charge on any atom is -0.388 e. The maximum atomic E-state index is 10.4. The van der Waals surface area contributed by atoms with E-state index in [-0.39, 0.29) is 12.0 Å². The van der Waals surface area contributed by atoms with Gasteiger partial charge in [-0.1, -0.05) is 50.6 Å². The van der Waals surface area contributed by atoms with Gasteiger partial charge in [-0.2, -0.15) is 0 Å². The number of aliphatic hydroxyl groups excluding tert-OH is 1. The summed E-state index contributed by atoms with van der Waals surface area (Å²) < 4.78 is 0. The van der Waals surface area contributed by atoms with Gasteiger partial charge in [0.1, 0.15) is 0 Å². The number of nitrogens with zero attached hydrogens (tertiary/aromatic N) is 1. The highest BCUT2D eigenvalue weighted by Crippen LogP contribution is 2.25. The van der Waals surface area contributed by atoms with Crippen LogP contribution in [0, 0.1) is 11.8 Å². The Morgan fingerprint density at radius 2 is 2.05 bits per heavy atom. The summed E-state index contributed by atoms with van der Waals surface area (Å²) in [4.78, 5) is 2.54. The second kappa shape index (κ2) is 7.06. The molecule has 19 heavy (non-hydrogen) atoms. The zero-order valence-corrected chi connectivity index (χ0v) is 12.3. The van der Waals surface area contributed by atoms with Gasteiger partial charge >= 0.3 is 0 Å². The molecule has 1 aliphatic rings. The van der Waals surface area contributed by atoms with E-state index in [2.05, 4.69) is 18.7 Å². The lowest BCUT2D eigenvalue weighted by Crippen LogP contribution is -2.39. The Balaban J connectivity index is 1.88. The van der Waals surface area contributed by atoms with Gasteiger partial charge in [-0.3, -0.25) is 0 Å². The van der Waals surface area contributed by atoms with E-state index >= 15 is 0 Å². The van der Waals surface area contributed by atoms with Crippen molar-refractivity contribution in [3.8, 4) is 0 Å². The molecule has 2 nitrogen and oxygen atoms in total. The summed E-state index contributed by atoms with van der Waals surface area (Å²) in [5.74, 6) is 1.15. The fraction of sp³-hybridized carbons (Fsp3) is 0.647. The van der Waals surface area contributed by atoms with Gasteiger partial charge in [-0.15, -0.1) is 0 Å². The van der Waals surface area contributed by atoms with Crippen LogP contribution in [0.2, 0.25) is 0 Å². The van der Waals surface area contributed by atoms with Crippen molar-refractivity contribution in [1.29, 1.82) is 0 Å². The van der Waals surface area contributed by atoms with Crippen LogP contribution in [-0.2, 0) is 0 Å². The van der Waals surface area contributed by atoms with E-state index in [1.54, 1.807) is 0 Å². The van der Waals surface area contributed by atoms with Crippen LogP contribution in [0.1, 0.15) is 44.8 Å². The molecule has 1 aliphatic heterocycles. The minimum atomic E-state index is -0.344. The Morgan fingerprint density at radius 1 is 1.32 bits per heavy atom. The summed E-state index contributed by atoms with van der Waals surface area (Å²) in [7, 11) is 0. The summed E-state index contributed by atoms with van der Waals surface area (Å²) in [5, 5.41) is 10.4. The zero-order chi connectivity index (χ0) is 13.7. The molecule has 0 spiro atoms. The Labute approximate surface area is 117 Å². The third kappa shape index (κ3) is 4.05. The van der Waals surface area contributed by atoms with E-state index in [0.717, 1.165) is 18.0 Å². The van der Waals surface area contributed by atoms with Gasteiger partial charge in [-0.05, 0) is 36.8 Å². The standard InChI is InChI=1S/C17H27NO/c1-3-15-8-7-11-18(13-15)12-14(2)17(19)16-9-5-4-6-10-16/h4-6,9-10,14-15,17,19H,3,7-8,11-13H2,1-2H3. The van der Waals surface area contributed by atoms with Crippen molar-refractivity contribution in [3.05, 3.63) is 35.9 Å². The molecule has 1 N–H and O–H groups in total. The minimum absolute atomic E-state index is 0.290. The Kier molecular flexibility index (Phi) is 5.41. The fourth-order valence-electron chi connectivity index (χ4n) is 3.14. The number of aliphatic hydroxyl groups is 1. The molecule has 0 bridgehead atoms. The van der Waals surface area contributed by atoms with E-state index in [1.807, 2.05) is 30.3 Å². The fourth-order valence-corrected chi connectivity index (χ4v) is 3.14. The van der Waals surface area contributed by atoms with Crippen LogP contribution in [0.25, 0.3) is 0 Å². The maximum absolute atomic E-state index is 10.4. The zero-order valence-electron chi connectivity index (χ0n) is 12.3. The molecule has 1 fully saturated rings. The Hall–Kier alpha value is -0.860. The number of benzene rings is 1. The molecule has 0 aromatic heterocycles. The second-order valence-electron chi connectivity index (χ2n) is 6.01. The van der Waals surface area contributed by atoms with Crippen molar-refractivity contribution in [3.63, 3.8) is 0 Å². The average Bonchev–Trinajstić information content (AvgIpc) is 2.47. The predicted octanol–water partition coefficient (Wildman–Crippen LogP) is 3.48. The van der Waals surface area contributed by atoms with Crippen molar-refractivity contribution in [1.82, 2.24) is 4.90 Å². The highest BCUT2D eigenvalue weighted by molar-refractivity contribution is 5.17. The lowest BCUT2D eigenvalue weighted by Gasteiger charge is -2.35. The molecule has 106 valence electrons. The molecule has 0 radical (unpaired) electrons. The molecule has 1 aromatic rings. The summed E-state index contributed by atoms with van der Waals surface area (Å²) in [5.41, 5.74) is 1.04. The van der Waals surface area contributed by atoms with E-state index in [1.165, 1.54) is 32.4 Å². The summed E-state index contributed by atoms with van der Waals surface area (Å²) in [6, 6.07) is 10.0. The SMILES string of the molecule is CCC1CCCN(CC(C)C(O)c2ccccc2)C1. The van der Waals surface area contributed by atoms with Crippen molar-refractivity contribution >= 4 is 0 Å². The van der Waals surface area contributed by atoms with Gasteiger partial charge in [0.15, 0.2) is 0 Å². The van der Waals surface area contributed by atoms with Gasteiger partial charge < -0.3 is 10.0 Å². The summed E-state index contributed by atoms with van der Waals surface area (Å²) in [6.07, 6.45) is 3.63. The molecule has 2 rings (SSSR count). The van der Waals surface area contributed by atoms with Gasteiger partial charge in [0, 0.05) is 13.1 Å². The first-order valence-electron chi connectivity index (χ1n) is 7.66. The number of likely N-dealkylation sites (tertiary alicyclic amines) is 1. The number of rotatable bonds is 5. The van der Waals surface area contributed by atoms with Crippen LogP contribution in [0.15, 0.2) is 30.3 Å². The van der Waals surface area contributed by atoms with Crippen LogP contribution < -0.4 is 0 Å². The first-order chi connectivity index (χ1) is 9.20. The molecule has 1 heterocycles. The van der Waals surface area contributed by atoms with Crippen molar-refractivity contribution in [2.24, 2.45) is 11.8 Å². The predicted molar refractivity (Wildman–Crippen MR) is 80.0 cm³/mol. The molecule has 1 saturated heterocycles. The molecular formula is C17H27NO. The van der Waals surface area contributed by atoms with Crippen molar-refractivity contribution in [2.75, 3.05) is 19.6 Å². The van der Waals surface area contributed by atoms with E-state index in [9.17, 15) is 5.11 Å². The maximum Gasteiger partial charge on any atom is 0.0827 e. The first kappa shape index (κ1) is 14.5. The summed E-state index contributed by atoms with van der Waals surface area (Å²) in [6.45, 7) is 7.86. The lowest BCUT2D eigenvalue weighted by molar-refractivity contribution is 0.0715. The quantitative estimate of drug-likeness (QED) is 0.877. The molecular weight excluding hydrogens is 234 g/mol. The molecule has 0 amide bonds. The molecule has 3 unspecified atom stereocenters. The molecule has 0 saturated carbocycles. The van der Waals surface area contributed by atoms with Crippen LogP contribution in [0.5, 0.6) is 0 Å². The van der Waals surface area contributed by atoms with E-state index in [4.69, 9.17) is 0 Å². The molecule has 2 heteroatoms. The van der Waals surface area contributed by atoms with Gasteiger partial charge in [0.2, 0.25) is 0 Å².